The van der Waals surface area contributed by atoms with Crippen LogP contribution in [-0.4, -0.2) is 32.9 Å². The summed E-state index contributed by atoms with van der Waals surface area (Å²) in [7, 11) is -2.66. The van der Waals surface area contributed by atoms with E-state index in [9.17, 15) is 13.0 Å². The van der Waals surface area contributed by atoms with Crippen LogP contribution in [0.2, 0.25) is 0 Å². The quantitative estimate of drug-likeness (QED) is 0.255. The standard InChI is InChI=1S/C10H15N2O2.C7H8O3S/c1-3-8-14-11-9-10-4-6-12(13-2)7-5-10;1-6-2-4-7(5-3-6)11(8,9)10/h4-7,9H,3,8H2,1-2H3;2-5H,1H3,(H,8,9,10)/q+1;/p-1/b11-9-;. The van der Waals surface area contributed by atoms with E-state index in [-0.39, 0.29) is 4.90 Å². The van der Waals surface area contributed by atoms with Crippen LogP contribution in [0.4, 0.5) is 0 Å². The van der Waals surface area contributed by atoms with Crippen LogP contribution >= 0.6 is 0 Å². The first-order chi connectivity index (χ1) is 11.9. The summed E-state index contributed by atoms with van der Waals surface area (Å²) in [5.74, 6) is 0. The minimum atomic E-state index is -4.27. The zero-order chi connectivity index (χ0) is 18.7. The lowest BCUT2D eigenvalue weighted by Crippen LogP contribution is -2.39. The van der Waals surface area contributed by atoms with Gasteiger partial charge >= 0.3 is 0 Å². The SMILES string of the molecule is CCCO/N=C\c1cc[n+](OC)cc1.Cc1ccc(S(=O)(=O)[O-])cc1. The Hall–Kier alpha value is -2.45. The Balaban J connectivity index is 0.000000257. The van der Waals surface area contributed by atoms with Gasteiger partial charge in [0.25, 0.3) is 0 Å². The Morgan fingerprint density at radius 1 is 1.16 bits per heavy atom. The van der Waals surface area contributed by atoms with Crippen molar-refractivity contribution >= 4 is 16.3 Å². The summed E-state index contributed by atoms with van der Waals surface area (Å²) in [6.07, 6.45) is 6.26. The normalized spacial score (nSPS) is 10.9. The lowest BCUT2D eigenvalue weighted by atomic mass is 10.2. The maximum absolute atomic E-state index is 10.4. The molecule has 0 spiro atoms. The van der Waals surface area contributed by atoms with Gasteiger partial charge in [0.15, 0.2) is 0 Å². The molecule has 0 fully saturated rings. The summed E-state index contributed by atoms with van der Waals surface area (Å²) in [5, 5.41) is 3.81. The smallest absolute Gasteiger partial charge is 0.223 e. The van der Waals surface area contributed by atoms with Crippen molar-refractivity contribution in [1.82, 2.24) is 0 Å². The number of rotatable bonds is 6. The maximum Gasteiger partial charge on any atom is 0.223 e. The van der Waals surface area contributed by atoms with Crippen LogP contribution in [-0.2, 0) is 15.0 Å². The molecular formula is C17H22N2O5S. The predicted octanol–water partition coefficient (Wildman–Crippen LogP) is 1.69. The Morgan fingerprint density at radius 2 is 1.76 bits per heavy atom. The minimum absolute atomic E-state index is 0.178. The molecule has 0 aliphatic heterocycles. The van der Waals surface area contributed by atoms with Gasteiger partial charge in [0.1, 0.15) is 23.8 Å². The molecule has 0 unspecified atom stereocenters. The maximum atomic E-state index is 10.4. The van der Waals surface area contributed by atoms with Crippen molar-refractivity contribution in [3.8, 4) is 0 Å². The summed E-state index contributed by atoms with van der Waals surface area (Å²) in [6, 6.07) is 9.56. The Bertz CT molecular complexity index is 757. The fourth-order valence-corrected chi connectivity index (χ4v) is 2.05. The van der Waals surface area contributed by atoms with E-state index in [1.165, 1.54) is 12.1 Å². The third-order valence-corrected chi connectivity index (χ3v) is 3.77. The van der Waals surface area contributed by atoms with Gasteiger partial charge in [-0.25, -0.2) is 8.42 Å². The number of nitrogens with zero attached hydrogens (tertiary/aromatic N) is 2. The van der Waals surface area contributed by atoms with E-state index in [0.29, 0.717) is 6.61 Å². The Kier molecular flexibility index (Phi) is 8.59. The molecule has 1 aromatic carbocycles. The first-order valence-electron chi connectivity index (χ1n) is 7.60. The molecule has 7 nitrogen and oxygen atoms in total. The second kappa shape index (κ2) is 10.4. The van der Waals surface area contributed by atoms with Gasteiger partial charge in [-0.2, -0.15) is 0 Å². The first kappa shape index (κ1) is 20.6. The zero-order valence-corrected chi connectivity index (χ0v) is 15.3. The summed E-state index contributed by atoms with van der Waals surface area (Å²) in [4.78, 5) is 9.75. The van der Waals surface area contributed by atoms with Gasteiger partial charge in [-0.1, -0.05) is 29.8 Å². The van der Waals surface area contributed by atoms with Gasteiger partial charge in [0.2, 0.25) is 12.4 Å². The molecular weight excluding hydrogens is 344 g/mol. The average Bonchev–Trinajstić information content (AvgIpc) is 2.59. The van der Waals surface area contributed by atoms with Crippen molar-refractivity contribution < 1.29 is 27.4 Å². The monoisotopic (exact) mass is 366 g/mol. The molecule has 0 aliphatic rings. The number of hydrogen-bond donors (Lipinski definition) is 0. The molecule has 0 radical (unpaired) electrons. The molecule has 0 N–H and O–H groups in total. The summed E-state index contributed by atoms with van der Waals surface area (Å²) in [6.45, 7) is 4.52. The number of aromatic nitrogens is 1. The molecule has 1 heterocycles. The molecule has 2 aromatic rings. The highest BCUT2D eigenvalue weighted by Gasteiger charge is 1.98. The predicted molar refractivity (Wildman–Crippen MR) is 92.1 cm³/mol. The van der Waals surface area contributed by atoms with Gasteiger partial charge in [-0.05, 0) is 25.5 Å². The van der Waals surface area contributed by atoms with E-state index >= 15 is 0 Å². The van der Waals surface area contributed by atoms with Crippen molar-refractivity contribution in [2.45, 2.75) is 25.2 Å². The number of hydrogen-bond acceptors (Lipinski definition) is 6. The van der Waals surface area contributed by atoms with Gasteiger partial charge in [-0.3, -0.25) is 4.84 Å². The van der Waals surface area contributed by atoms with E-state index in [1.807, 2.05) is 26.0 Å². The van der Waals surface area contributed by atoms with Crippen LogP contribution in [0.15, 0.2) is 58.8 Å². The highest BCUT2D eigenvalue weighted by molar-refractivity contribution is 7.85. The molecule has 0 amide bonds. The van der Waals surface area contributed by atoms with Gasteiger partial charge in [0, 0.05) is 22.4 Å². The molecule has 0 saturated heterocycles. The van der Waals surface area contributed by atoms with Crippen LogP contribution in [0.3, 0.4) is 0 Å². The lowest BCUT2D eigenvalue weighted by molar-refractivity contribution is -0.885. The molecule has 25 heavy (non-hydrogen) atoms. The summed E-state index contributed by atoms with van der Waals surface area (Å²) < 4.78 is 32.8. The second-order valence-corrected chi connectivity index (χ2v) is 6.39. The third kappa shape index (κ3) is 8.27. The summed E-state index contributed by atoms with van der Waals surface area (Å²) in [5.41, 5.74) is 1.91. The minimum Gasteiger partial charge on any atom is -0.744 e. The Labute approximate surface area is 148 Å². The molecule has 0 bridgehead atoms. The summed E-state index contributed by atoms with van der Waals surface area (Å²) >= 11 is 0. The van der Waals surface area contributed by atoms with E-state index < -0.39 is 10.1 Å². The van der Waals surface area contributed by atoms with E-state index in [2.05, 4.69) is 5.16 Å². The van der Waals surface area contributed by atoms with Crippen LogP contribution in [0.1, 0.15) is 24.5 Å². The molecule has 1 aromatic heterocycles. The Morgan fingerprint density at radius 3 is 2.24 bits per heavy atom. The second-order valence-electron chi connectivity index (χ2n) is 5.01. The van der Waals surface area contributed by atoms with Crippen molar-refractivity contribution in [2.24, 2.45) is 5.16 Å². The molecule has 0 saturated carbocycles. The van der Waals surface area contributed by atoms with Crippen LogP contribution in [0, 0.1) is 6.92 Å². The van der Waals surface area contributed by atoms with Crippen molar-refractivity contribution in [3.05, 3.63) is 59.9 Å². The molecule has 136 valence electrons. The van der Waals surface area contributed by atoms with Crippen molar-refractivity contribution in [3.63, 3.8) is 0 Å². The molecule has 8 heteroatoms. The molecule has 0 aliphatic carbocycles. The van der Waals surface area contributed by atoms with E-state index in [4.69, 9.17) is 9.68 Å². The highest BCUT2D eigenvalue weighted by atomic mass is 32.2. The van der Waals surface area contributed by atoms with E-state index in [1.54, 1.807) is 42.6 Å². The average molecular weight is 366 g/mol. The fourth-order valence-electron chi connectivity index (χ4n) is 1.58. The molecule has 0 atom stereocenters. The molecule has 2 rings (SSSR count). The number of oxime groups is 1. The van der Waals surface area contributed by atoms with Crippen LogP contribution in [0.5, 0.6) is 0 Å². The third-order valence-electron chi connectivity index (χ3n) is 2.92. The number of aryl methyl sites for hydroxylation is 1. The zero-order valence-electron chi connectivity index (χ0n) is 14.5. The van der Waals surface area contributed by atoms with Crippen LogP contribution < -0.4 is 9.57 Å². The van der Waals surface area contributed by atoms with Crippen molar-refractivity contribution in [2.75, 3.05) is 13.7 Å². The van der Waals surface area contributed by atoms with Gasteiger partial charge in [0.05, 0.1) is 11.1 Å². The number of pyridine rings is 1. The van der Waals surface area contributed by atoms with E-state index in [0.717, 1.165) is 17.5 Å². The topological polar surface area (TPSA) is 91.9 Å². The fraction of sp³-hybridized carbons (Fsp3) is 0.294. The van der Waals surface area contributed by atoms with Crippen LogP contribution in [0.25, 0.3) is 0 Å². The largest absolute Gasteiger partial charge is 0.744 e. The van der Waals surface area contributed by atoms with Gasteiger partial charge in [-0.15, -0.1) is 0 Å². The first-order valence-corrected chi connectivity index (χ1v) is 9.01. The van der Waals surface area contributed by atoms with Gasteiger partial charge < -0.3 is 9.39 Å². The number of benzene rings is 1. The van der Waals surface area contributed by atoms with Crippen molar-refractivity contribution in [1.29, 1.82) is 0 Å². The highest BCUT2D eigenvalue weighted by Crippen LogP contribution is 2.08. The lowest BCUT2D eigenvalue weighted by Gasteiger charge is -2.05.